The van der Waals surface area contributed by atoms with Gasteiger partial charge < -0.3 is 4.90 Å². The number of aryl methyl sites for hydroxylation is 1. The fraction of sp³-hybridized carbons (Fsp3) is 0.417. The monoisotopic (exact) mass is 188 g/mol. The van der Waals surface area contributed by atoms with E-state index in [2.05, 4.69) is 41.9 Å². The van der Waals surface area contributed by atoms with Gasteiger partial charge in [-0.05, 0) is 30.5 Å². The Balaban J connectivity index is 2.16. The maximum atomic E-state index is 4.21. The van der Waals surface area contributed by atoms with Crippen LogP contribution in [-0.2, 0) is 6.54 Å². The number of nitrogens with zero attached hydrogens (tertiary/aromatic N) is 2. The lowest BCUT2D eigenvalue weighted by Gasteiger charge is -2.16. The predicted octanol–water partition coefficient (Wildman–Crippen LogP) is 2.15. The third-order valence-electron chi connectivity index (χ3n) is 2.85. The Kier molecular flexibility index (Phi) is 2.53. The van der Waals surface area contributed by atoms with Crippen LogP contribution in [0, 0.1) is 13.8 Å². The molecule has 0 radical (unpaired) electrons. The molecular weight excluding hydrogens is 172 g/mol. The third kappa shape index (κ3) is 1.79. The second kappa shape index (κ2) is 3.82. The second-order valence-electron chi connectivity index (χ2n) is 3.85. The minimum absolute atomic E-state index is 0.949. The molecule has 1 aliphatic rings. The molecule has 0 N–H and O–H groups in total. The van der Waals surface area contributed by atoms with Gasteiger partial charge in [0, 0.05) is 13.1 Å². The summed E-state index contributed by atoms with van der Waals surface area (Å²) in [6, 6.07) is 6.50. The van der Waals surface area contributed by atoms with Crippen LogP contribution in [0.2, 0.25) is 0 Å². The Morgan fingerprint density at radius 3 is 2.93 bits per heavy atom. The van der Waals surface area contributed by atoms with Crippen molar-refractivity contribution in [3.8, 4) is 0 Å². The normalized spacial score (nSPS) is 15.1. The van der Waals surface area contributed by atoms with Crippen molar-refractivity contribution in [3.63, 3.8) is 0 Å². The maximum Gasteiger partial charge on any atom is 0.0854 e. The zero-order valence-corrected chi connectivity index (χ0v) is 8.83. The van der Waals surface area contributed by atoms with E-state index in [1.807, 2.05) is 6.34 Å². The third-order valence-corrected chi connectivity index (χ3v) is 2.85. The largest absolute Gasteiger partial charge is 0.357 e. The maximum absolute atomic E-state index is 4.21. The van der Waals surface area contributed by atoms with E-state index in [0.29, 0.717) is 0 Å². The molecule has 1 aromatic rings. The number of aliphatic imine (C=N–C) groups is 1. The topological polar surface area (TPSA) is 15.6 Å². The van der Waals surface area contributed by atoms with Gasteiger partial charge in [-0.25, -0.2) is 0 Å². The summed E-state index contributed by atoms with van der Waals surface area (Å²) in [5.41, 5.74) is 4.20. The molecule has 0 aromatic heterocycles. The highest BCUT2D eigenvalue weighted by Crippen LogP contribution is 2.14. The molecule has 2 nitrogen and oxygen atoms in total. The summed E-state index contributed by atoms with van der Waals surface area (Å²) in [5.74, 6) is 0. The lowest BCUT2D eigenvalue weighted by molar-refractivity contribution is 0.462. The van der Waals surface area contributed by atoms with Crippen LogP contribution in [0.5, 0.6) is 0 Å². The van der Waals surface area contributed by atoms with E-state index in [1.165, 1.54) is 16.7 Å². The molecule has 14 heavy (non-hydrogen) atoms. The molecule has 1 aliphatic heterocycles. The fourth-order valence-corrected chi connectivity index (χ4v) is 1.74. The van der Waals surface area contributed by atoms with Gasteiger partial charge in [-0.2, -0.15) is 0 Å². The first-order valence-electron chi connectivity index (χ1n) is 5.06. The zero-order chi connectivity index (χ0) is 9.97. The van der Waals surface area contributed by atoms with E-state index in [4.69, 9.17) is 0 Å². The van der Waals surface area contributed by atoms with Crippen LogP contribution in [0.15, 0.2) is 23.2 Å². The van der Waals surface area contributed by atoms with Crippen molar-refractivity contribution in [2.75, 3.05) is 13.1 Å². The fourth-order valence-electron chi connectivity index (χ4n) is 1.74. The average Bonchev–Trinajstić information content (AvgIpc) is 2.66. The predicted molar refractivity (Wildman–Crippen MR) is 59.7 cm³/mol. The molecule has 0 unspecified atom stereocenters. The number of hydrogen-bond acceptors (Lipinski definition) is 2. The van der Waals surface area contributed by atoms with Crippen molar-refractivity contribution < 1.29 is 0 Å². The molecule has 0 spiro atoms. The van der Waals surface area contributed by atoms with Crippen LogP contribution >= 0.6 is 0 Å². The molecule has 0 atom stereocenters. The molecular formula is C12H16N2. The summed E-state index contributed by atoms with van der Waals surface area (Å²) in [6.07, 6.45) is 1.96. The van der Waals surface area contributed by atoms with Crippen LogP contribution in [-0.4, -0.2) is 24.3 Å². The molecule has 0 amide bonds. The Morgan fingerprint density at radius 2 is 2.21 bits per heavy atom. The lowest BCUT2D eigenvalue weighted by Crippen LogP contribution is -2.19. The molecule has 0 saturated heterocycles. The zero-order valence-electron chi connectivity index (χ0n) is 8.83. The minimum atomic E-state index is 0.949. The van der Waals surface area contributed by atoms with Crippen molar-refractivity contribution in [1.29, 1.82) is 0 Å². The molecule has 0 bridgehead atoms. The van der Waals surface area contributed by atoms with Gasteiger partial charge in [0.05, 0.1) is 12.9 Å². The smallest absolute Gasteiger partial charge is 0.0854 e. The van der Waals surface area contributed by atoms with E-state index in [0.717, 1.165) is 19.6 Å². The van der Waals surface area contributed by atoms with E-state index < -0.39 is 0 Å². The van der Waals surface area contributed by atoms with Gasteiger partial charge in [0.1, 0.15) is 0 Å². The van der Waals surface area contributed by atoms with Crippen molar-refractivity contribution in [2.45, 2.75) is 20.4 Å². The van der Waals surface area contributed by atoms with Crippen LogP contribution < -0.4 is 0 Å². The van der Waals surface area contributed by atoms with Crippen LogP contribution in [0.25, 0.3) is 0 Å². The van der Waals surface area contributed by atoms with Gasteiger partial charge in [-0.1, -0.05) is 18.2 Å². The molecule has 0 saturated carbocycles. The van der Waals surface area contributed by atoms with Crippen molar-refractivity contribution >= 4 is 6.34 Å². The van der Waals surface area contributed by atoms with E-state index in [-0.39, 0.29) is 0 Å². The summed E-state index contributed by atoms with van der Waals surface area (Å²) in [4.78, 5) is 6.48. The summed E-state index contributed by atoms with van der Waals surface area (Å²) >= 11 is 0. The van der Waals surface area contributed by atoms with Gasteiger partial charge in [0.25, 0.3) is 0 Å². The Hall–Kier alpha value is -1.31. The average molecular weight is 188 g/mol. The quantitative estimate of drug-likeness (QED) is 0.694. The van der Waals surface area contributed by atoms with E-state index in [9.17, 15) is 0 Å². The summed E-state index contributed by atoms with van der Waals surface area (Å²) < 4.78 is 0. The summed E-state index contributed by atoms with van der Waals surface area (Å²) in [7, 11) is 0. The number of hydrogen-bond donors (Lipinski definition) is 0. The molecule has 1 aromatic carbocycles. The Bertz CT molecular complexity index is 355. The lowest BCUT2D eigenvalue weighted by atomic mass is 10.0. The highest BCUT2D eigenvalue weighted by molar-refractivity contribution is 5.57. The molecule has 0 aliphatic carbocycles. The number of benzene rings is 1. The SMILES string of the molecule is Cc1cccc(CN2C=NCC2)c1C. The number of rotatable bonds is 2. The molecule has 2 heteroatoms. The van der Waals surface area contributed by atoms with Crippen LogP contribution in [0.1, 0.15) is 16.7 Å². The highest BCUT2D eigenvalue weighted by atomic mass is 15.2. The first-order valence-corrected chi connectivity index (χ1v) is 5.06. The molecule has 1 heterocycles. The first kappa shape index (κ1) is 9.25. The van der Waals surface area contributed by atoms with Gasteiger partial charge >= 0.3 is 0 Å². The van der Waals surface area contributed by atoms with Gasteiger partial charge in [0.15, 0.2) is 0 Å². The Labute approximate surface area is 85.3 Å². The summed E-state index contributed by atoms with van der Waals surface area (Å²) in [6.45, 7) is 7.37. The van der Waals surface area contributed by atoms with E-state index >= 15 is 0 Å². The molecule has 74 valence electrons. The van der Waals surface area contributed by atoms with E-state index in [1.54, 1.807) is 0 Å². The van der Waals surface area contributed by atoms with Crippen molar-refractivity contribution in [1.82, 2.24) is 4.90 Å². The molecule has 2 rings (SSSR count). The first-order chi connectivity index (χ1) is 6.77. The molecule has 0 fully saturated rings. The van der Waals surface area contributed by atoms with Gasteiger partial charge in [0.2, 0.25) is 0 Å². The Morgan fingerprint density at radius 1 is 1.36 bits per heavy atom. The van der Waals surface area contributed by atoms with Crippen molar-refractivity contribution in [3.05, 3.63) is 34.9 Å². The standard InChI is InChI=1S/C12H16N2/c1-10-4-3-5-12(11(10)2)8-14-7-6-13-9-14/h3-5,9H,6-8H2,1-2H3. The second-order valence-corrected chi connectivity index (χ2v) is 3.85. The minimum Gasteiger partial charge on any atom is -0.357 e. The van der Waals surface area contributed by atoms with Gasteiger partial charge in [-0.3, -0.25) is 4.99 Å². The van der Waals surface area contributed by atoms with Gasteiger partial charge in [-0.15, -0.1) is 0 Å². The van der Waals surface area contributed by atoms with Crippen molar-refractivity contribution in [2.24, 2.45) is 4.99 Å². The summed E-state index contributed by atoms with van der Waals surface area (Å²) in [5, 5.41) is 0. The van der Waals surface area contributed by atoms with Crippen LogP contribution in [0.4, 0.5) is 0 Å². The van der Waals surface area contributed by atoms with Crippen LogP contribution in [0.3, 0.4) is 0 Å². The highest BCUT2D eigenvalue weighted by Gasteiger charge is 2.08.